The van der Waals surface area contributed by atoms with E-state index in [-0.39, 0.29) is 36.5 Å². The second-order valence-corrected chi connectivity index (χ2v) is 2.64. The Kier molecular flexibility index (Phi) is 4.93. The van der Waals surface area contributed by atoms with Crippen LogP contribution in [0.15, 0.2) is 10.2 Å². The van der Waals surface area contributed by atoms with E-state index in [1.54, 1.807) is 6.92 Å². The molecule has 8 heteroatoms. The van der Waals surface area contributed by atoms with E-state index in [2.05, 4.69) is 10.2 Å². The van der Waals surface area contributed by atoms with Gasteiger partial charge in [-0.1, -0.05) is 0 Å². The number of rotatable bonds is 3. The molecule has 0 fully saturated rings. The number of nitrogens with two attached hydrogens (primary N) is 2. The quantitative estimate of drug-likeness (QED) is 0.414. The Morgan fingerprint density at radius 3 is 1.54 bits per heavy atom. The van der Waals surface area contributed by atoms with Crippen LogP contribution in [0.2, 0.25) is 0 Å². The van der Waals surface area contributed by atoms with Crippen LogP contribution >= 0.6 is 24.8 Å². The first-order valence-corrected chi connectivity index (χ1v) is 3.09. The molecule has 6 nitrogen and oxygen atoms in total. The van der Waals surface area contributed by atoms with E-state index >= 15 is 0 Å². The van der Waals surface area contributed by atoms with Crippen LogP contribution in [0.3, 0.4) is 0 Å². The van der Waals surface area contributed by atoms with Crippen LogP contribution in [0, 0.1) is 16.7 Å². The number of amidine groups is 2. The summed E-state index contributed by atoms with van der Waals surface area (Å²) < 4.78 is 0. The number of nitrogens with one attached hydrogen (secondary N) is 2. The lowest BCUT2D eigenvalue weighted by molar-refractivity contribution is 0.606. The van der Waals surface area contributed by atoms with Gasteiger partial charge in [0.05, 0.1) is 0 Å². The van der Waals surface area contributed by atoms with E-state index in [0.717, 1.165) is 0 Å². The fourth-order valence-corrected chi connectivity index (χ4v) is 0.951. The third-order valence-corrected chi connectivity index (χ3v) is 1.58. The van der Waals surface area contributed by atoms with Crippen LogP contribution in [-0.4, -0.2) is 17.3 Å². The van der Waals surface area contributed by atoms with Gasteiger partial charge >= 0.3 is 0 Å². The molecular formula is C5H12Cl2N6. The molecule has 0 atom stereocenters. The molecule has 0 radical (unpaired) electrons. The topological polar surface area (TPSA) is 124 Å². The first-order valence-electron chi connectivity index (χ1n) is 3.09. The van der Waals surface area contributed by atoms with Crippen molar-refractivity contribution in [2.45, 2.75) is 12.6 Å². The van der Waals surface area contributed by atoms with Crippen molar-refractivity contribution in [3.05, 3.63) is 0 Å². The monoisotopic (exact) mass is 226 g/mol. The number of nitrogens with zero attached hydrogens (tertiary/aromatic N) is 2. The van der Waals surface area contributed by atoms with Crippen molar-refractivity contribution in [2.75, 3.05) is 0 Å². The molecule has 76 valence electrons. The van der Waals surface area contributed by atoms with E-state index < -0.39 is 11.6 Å². The van der Waals surface area contributed by atoms with Gasteiger partial charge in [-0.15, -0.1) is 24.8 Å². The van der Waals surface area contributed by atoms with Crippen LogP contribution < -0.4 is 11.5 Å². The molecule has 0 amide bonds. The standard InChI is InChI=1S/C5H10N6.2ClH/c1-5(10-11-5)2(3(6)7)4(8)9;;/h2H,1H3,(H3,6,7)(H3,8,9);2*1H. The van der Waals surface area contributed by atoms with Crippen LogP contribution in [-0.2, 0) is 0 Å². The molecule has 0 spiro atoms. The van der Waals surface area contributed by atoms with Crippen molar-refractivity contribution >= 4 is 36.5 Å². The van der Waals surface area contributed by atoms with Crippen molar-refractivity contribution in [1.29, 1.82) is 10.8 Å². The van der Waals surface area contributed by atoms with Crippen molar-refractivity contribution in [3.63, 3.8) is 0 Å². The zero-order valence-corrected chi connectivity index (χ0v) is 8.58. The maximum Gasteiger partial charge on any atom is 0.204 e. The predicted molar refractivity (Wildman–Crippen MR) is 55.1 cm³/mol. The van der Waals surface area contributed by atoms with Crippen LogP contribution in [0.1, 0.15) is 6.92 Å². The van der Waals surface area contributed by atoms with Crippen molar-refractivity contribution in [3.8, 4) is 0 Å². The molecule has 1 aliphatic heterocycles. The molecule has 0 aromatic heterocycles. The summed E-state index contributed by atoms with van der Waals surface area (Å²) in [5.74, 6) is -0.988. The maximum atomic E-state index is 7.11. The normalized spacial score (nSPS) is 17.6. The molecule has 1 aliphatic rings. The second kappa shape index (κ2) is 4.38. The van der Waals surface area contributed by atoms with E-state index in [9.17, 15) is 0 Å². The van der Waals surface area contributed by atoms with Gasteiger partial charge in [-0.3, -0.25) is 10.8 Å². The lowest BCUT2D eigenvalue weighted by Gasteiger charge is -2.15. The Morgan fingerprint density at radius 2 is 1.46 bits per heavy atom. The summed E-state index contributed by atoms with van der Waals surface area (Å²) in [6, 6.07) is 0. The van der Waals surface area contributed by atoms with Gasteiger partial charge in [0.1, 0.15) is 17.6 Å². The molecule has 0 unspecified atom stereocenters. The fraction of sp³-hybridized carbons (Fsp3) is 0.600. The Hall–Kier alpha value is -0.880. The van der Waals surface area contributed by atoms with Gasteiger partial charge in [-0.05, 0) is 6.92 Å². The van der Waals surface area contributed by atoms with Crippen molar-refractivity contribution in [1.82, 2.24) is 0 Å². The third-order valence-electron chi connectivity index (χ3n) is 1.58. The smallest absolute Gasteiger partial charge is 0.204 e. The summed E-state index contributed by atoms with van der Waals surface area (Å²) in [6.45, 7) is 1.68. The molecule has 0 bridgehead atoms. The minimum atomic E-state index is -0.738. The van der Waals surface area contributed by atoms with Gasteiger partial charge in [0.15, 0.2) is 0 Å². The Bertz CT molecular complexity index is 229. The fourth-order valence-electron chi connectivity index (χ4n) is 0.951. The lowest BCUT2D eigenvalue weighted by atomic mass is 9.96. The van der Waals surface area contributed by atoms with Crippen molar-refractivity contribution in [2.24, 2.45) is 27.6 Å². The van der Waals surface area contributed by atoms with Gasteiger partial charge in [0.25, 0.3) is 0 Å². The highest BCUT2D eigenvalue weighted by molar-refractivity contribution is 6.03. The zero-order chi connectivity index (χ0) is 8.65. The average molecular weight is 227 g/mol. The Labute approximate surface area is 88.0 Å². The maximum absolute atomic E-state index is 7.11. The molecule has 0 saturated carbocycles. The van der Waals surface area contributed by atoms with Gasteiger partial charge in [-0.2, -0.15) is 10.2 Å². The van der Waals surface area contributed by atoms with Crippen LogP contribution in [0.4, 0.5) is 0 Å². The largest absolute Gasteiger partial charge is 0.387 e. The summed E-state index contributed by atoms with van der Waals surface area (Å²) >= 11 is 0. The molecule has 0 aromatic rings. The molecule has 0 aliphatic carbocycles. The van der Waals surface area contributed by atoms with E-state index in [1.165, 1.54) is 0 Å². The first kappa shape index (κ1) is 14.6. The predicted octanol–water partition coefficient (Wildman–Crippen LogP) is 0.500. The summed E-state index contributed by atoms with van der Waals surface area (Å²) in [6.07, 6.45) is 0. The molecule has 0 saturated heterocycles. The second-order valence-electron chi connectivity index (χ2n) is 2.64. The molecule has 0 aromatic carbocycles. The summed E-state index contributed by atoms with van der Waals surface area (Å²) in [7, 11) is 0. The number of hydrogen-bond donors (Lipinski definition) is 4. The van der Waals surface area contributed by atoms with Gasteiger partial charge < -0.3 is 11.5 Å². The first-order chi connectivity index (χ1) is 4.97. The highest BCUT2D eigenvalue weighted by Crippen LogP contribution is 2.35. The number of hydrogen-bond acceptors (Lipinski definition) is 4. The summed E-state index contributed by atoms with van der Waals surface area (Å²) in [5.41, 5.74) is 9.67. The van der Waals surface area contributed by atoms with E-state index in [0.29, 0.717) is 0 Å². The Balaban J connectivity index is 0. The SMILES string of the molecule is CC1(C(C(=N)N)C(=N)N)N=N1.Cl.Cl. The lowest BCUT2D eigenvalue weighted by Crippen LogP contribution is -2.43. The van der Waals surface area contributed by atoms with E-state index in [1.807, 2.05) is 0 Å². The molecular weight excluding hydrogens is 215 g/mol. The highest BCUT2D eigenvalue weighted by Gasteiger charge is 2.46. The number of halogens is 2. The minimum Gasteiger partial charge on any atom is -0.387 e. The van der Waals surface area contributed by atoms with Gasteiger partial charge in [-0.25, -0.2) is 0 Å². The minimum absolute atomic E-state index is 0. The molecule has 1 rings (SSSR count). The molecule has 13 heavy (non-hydrogen) atoms. The third kappa shape index (κ3) is 2.82. The van der Waals surface area contributed by atoms with Crippen LogP contribution in [0.5, 0.6) is 0 Å². The zero-order valence-electron chi connectivity index (χ0n) is 6.94. The highest BCUT2D eigenvalue weighted by atomic mass is 35.5. The van der Waals surface area contributed by atoms with Crippen molar-refractivity contribution < 1.29 is 0 Å². The van der Waals surface area contributed by atoms with Gasteiger partial charge in [0.2, 0.25) is 5.66 Å². The molecule has 1 heterocycles. The average Bonchev–Trinajstić information content (AvgIpc) is 2.44. The van der Waals surface area contributed by atoms with Gasteiger partial charge in [0, 0.05) is 0 Å². The molecule has 6 N–H and O–H groups in total. The summed E-state index contributed by atoms with van der Waals surface area (Å²) in [4.78, 5) is 0. The van der Waals surface area contributed by atoms with E-state index in [4.69, 9.17) is 22.3 Å². The Morgan fingerprint density at radius 1 is 1.15 bits per heavy atom. The summed E-state index contributed by atoms with van der Waals surface area (Å²) in [5, 5.41) is 21.6. The van der Waals surface area contributed by atoms with Crippen LogP contribution in [0.25, 0.3) is 0 Å².